The molecule has 29 heavy (non-hydrogen) atoms. The van der Waals surface area contributed by atoms with Gasteiger partial charge in [-0.05, 0) is 153 Å². The van der Waals surface area contributed by atoms with Crippen molar-refractivity contribution in [1.82, 2.24) is 0 Å². The molecule has 0 amide bonds. The third-order valence-corrected chi connectivity index (χ3v) is 12.8. The summed E-state index contributed by atoms with van der Waals surface area (Å²) < 4.78 is 2.61. The van der Waals surface area contributed by atoms with Crippen molar-refractivity contribution >= 4 is 31.9 Å². The quantitative estimate of drug-likeness (QED) is 0.368. The first-order chi connectivity index (χ1) is 13.9. The largest absolute Gasteiger partial charge is 0.0505 e. The average molecular weight is 518 g/mol. The molecule has 0 heterocycles. The number of rotatable bonds is 2. The van der Waals surface area contributed by atoms with Gasteiger partial charge >= 0.3 is 0 Å². The minimum absolute atomic E-state index is 0.464. The summed E-state index contributed by atoms with van der Waals surface area (Å²) in [6.07, 6.45) is 18.8. The van der Waals surface area contributed by atoms with Gasteiger partial charge in [0, 0.05) is 8.95 Å². The molecule has 9 rings (SSSR count). The Morgan fingerprint density at radius 1 is 0.655 bits per heavy atom. The van der Waals surface area contributed by atoms with Crippen molar-refractivity contribution in [3.63, 3.8) is 0 Å². The van der Waals surface area contributed by atoms with Gasteiger partial charge in [-0.15, -0.1) is 0 Å². The second-order valence-corrected chi connectivity index (χ2v) is 14.5. The van der Waals surface area contributed by atoms with Crippen molar-refractivity contribution in [1.29, 1.82) is 0 Å². The third-order valence-electron chi connectivity index (χ3n) is 11.1. The van der Waals surface area contributed by atoms with Crippen molar-refractivity contribution < 1.29 is 0 Å². The molecule has 2 atom stereocenters. The topological polar surface area (TPSA) is 0 Å². The summed E-state index contributed by atoms with van der Waals surface area (Å²) >= 11 is 7.78. The number of halogens is 2. The van der Waals surface area contributed by atoms with Crippen LogP contribution in [0.25, 0.3) is 0 Å². The fraction of sp³-hybridized carbons (Fsp3) is 0.778. The molecule has 0 spiro atoms. The monoisotopic (exact) mass is 516 g/mol. The molecule has 0 radical (unpaired) electrons. The van der Waals surface area contributed by atoms with Crippen molar-refractivity contribution in [2.75, 3.05) is 0 Å². The molecule has 156 valence electrons. The molecular formula is C27H34Br2. The second-order valence-electron chi connectivity index (χ2n) is 12.8. The Kier molecular flexibility index (Phi) is 3.84. The van der Waals surface area contributed by atoms with Crippen LogP contribution in [0.5, 0.6) is 0 Å². The van der Waals surface area contributed by atoms with E-state index >= 15 is 0 Å². The highest BCUT2D eigenvalue weighted by molar-refractivity contribution is 9.11. The molecule has 8 fully saturated rings. The number of benzene rings is 1. The van der Waals surface area contributed by atoms with Gasteiger partial charge in [0.05, 0.1) is 0 Å². The van der Waals surface area contributed by atoms with Gasteiger partial charge in [-0.25, -0.2) is 0 Å². The van der Waals surface area contributed by atoms with E-state index in [-0.39, 0.29) is 0 Å². The van der Waals surface area contributed by atoms with E-state index in [4.69, 9.17) is 0 Å². The van der Waals surface area contributed by atoms with Gasteiger partial charge in [0.2, 0.25) is 0 Å². The molecule has 2 unspecified atom stereocenters. The zero-order valence-corrected chi connectivity index (χ0v) is 21.0. The molecule has 8 aliphatic carbocycles. The maximum atomic E-state index is 3.89. The van der Waals surface area contributed by atoms with Crippen molar-refractivity contribution in [2.24, 2.45) is 40.4 Å². The molecule has 1 aromatic rings. The average Bonchev–Trinajstić information content (AvgIpc) is 2.63. The highest BCUT2D eigenvalue weighted by atomic mass is 79.9. The lowest BCUT2D eigenvalue weighted by molar-refractivity contribution is -0.205. The smallest absolute Gasteiger partial charge is 0.0218 e. The molecule has 8 bridgehead atoms. The summed E-state index contributed by atoms with van der Waals surface area (Å²) in [6.45, 7) is 2.23. The Morgan fingerprint density at radius 2 is 1.10 bits per heavy atom. The molecule has 0 N–H and O–H groups in total. The number of hydrogen-bond acceptors (Lipinski definition) is 0. The molecule has 0 aromatic heterocycles. The van der Waals surface area contributed by atoms with Crippen LogP contribution < -0.4 is 0 Å². The molecule has 8 saturated carbocycles. The first-order valence-corrected chi connectivity index (χ1v) is 13.9. The predicted molar refractivity (Wildman–Crippen MR) is 126 cm³/mol. The lowest BCUT2D eigenvalue weighted by atomic mass is 9.32. The Hall–Kier alpha value is 0.180. The molecule has 8 aliphatic rings. The molecular weight excluding hydrogens is 484 g/mol. The van der Waals surface area contributed by atoms with Crippen LogP contribution in [-0.2, 0) is 5.41 Å². The van der Waals surface area contributed by atoms with Crippen LogP contribution in [0, 0.1) is 47.3 Å². The van der Waals surface area contributed by atoms with Gasteiger partial charge in [0.1, 0.15) is 0 Å². The van der Waals surface area contributed by atoms with E-state index in [0.717, 1.165) is 35.0 Å². The summed E-state index contributed by atoms with van der Waals surface area (Å²) in [5, 5.41) is 0. The van der Waals surface area contributed by atoms with Crippen LogP contribution >= 0.6 is 31.9 Å². The van der Waals surface area contributed by atoms with Crippen molar-refractivity contribution in [2.45, 2.75) is 89.4 Å². The highest BCUT2D eigenvalue weighted by Crippen LogP contribution is 2.77. The normalized spacial score (nSPS) is 51.8. The van der Waals surface area contributed by atoms with E-state index in [1.54, 1.807) is 63.4 Å². The fourth-order valence-electron chi connectivity index (χ4n) is 10.9. The van der Waals surface area contributed by atoms with Gasteiger partial charge < -0.3 is 0 Å². The minimum atomic E-state index is 0.464. The van der Waals surface area contributed by atoms with E-state index in [0.29, 0.717) is 10.8 Å². The van der Waals surface area contributed by atoms with Gasteiger partial charge in [-0.2, -0.15) is 0 Å². The van der Waals surface area contributed by atoms with E-state index in [2.05, 4.69) is 50.9 Å². The summed E-state index contributed by atoms with van der Waals surface area (Å²) in [5.74, 6) is 5.28. The molecule has 0 saturated heterocycles. The zero-order chi connectivity index (χ0) is 19.6. The summed E-state index contributed by atoms with van der Waals surface area (Å²) in [4.78, 5) is 0. The van der Waals surface area contributed by atoms with Gasteiger partial charge in [0.25, 0.3) is 0 Å². The van der Waals surface area contributed by atoms with Gasteiger partial charge in [-0.3, -0.25) is 0 Å². The molecule has 2 heteroatoms. The molecule has 0 aliphatic heterocycles. The van der Waals surface area contributed by atoms with Crippen molar-refractivity contribution in [3.8, 4) is 0 Å². The SMILES string of the molecule is Cc1c(Br)cc(C23CC4CC(C2)CC(C25CC6CC(CC(C6)C2)C5)(C4)C3)cc1Br. The fourth-order valence-corrected chi connectivity index (χ4v) is 12.1. The Morgan fingerprint density at radius 3 is 1.62 bits per heavy atom. The van der Waals surface area contributed by atoms with E-state index in [9.17, 15) is 0 Å². The maximum absolute atomic E-state index is 3.89. The van der Waals surface area contributed by atoms with Crippen LogP contribution in [0.15, 0.2) is 21.1 Å². The lowest BCUT2D eigenvalue weighted by Crippen LogP contribution is -2.63. The summed E-state index contributed by atoms with van der Waals surface area (Å²) in [5.41, 5.74) is 4.88. The van der Waals surface area contributed by atoms with Crippen LogP contribution in [0.1, 0.15) is 88.2 Å². The van der Waals surface area contributed by atoms with E-state index in [1.165, 1.54) is 33.8 Å². The number of hydrogen-bond donors (Lipinski definition) is 0. The first-order valence-electron chi connectivity index (χ1n) is 12.3. The Bertz CT molecular complexity index is 810. The summed E-state index contributed by atoms with van der Waals surface area (Å²) in [7, 11) is 0. The van der Waals surface area contributed by atoms with E-state index < -0.39 is 0 Å². The second kappa shape index (κ2) is 5.94. The minimum Gasteiger partial charge on any atom is -0.0505 e. The molecule has 0 nitrogen and oxygen atoms in total. The standard InChI is InChI=1S/C27H34Br2/c1-16-23(28)6-22(7-24(16)29)25-8-20-5-21(9-25)14-27(13-20,15-25)26-10-17-2-18(11-26)4-19(3-17)12-26/h6-7,17-21H,2-5,8-15H2,1H3. The zero-order valence-electron chi connectivity index (χ0n) is 17.8. The van der Waals surface area contributed by atoms with Crippen LogP contribution in [0.4, 0.5) is 0 Å². The summed E-state index contributed by atoms with van der Waals surface area (Å²) in [6, 6.07) is 5.03. The van der Waals surface area contributed by atoms with Gasteiger partial charge in [0.15, 0.2) is 0 Å². The molecule has 1 aromatic carbocycles. The van der Waals surface area contributed by atoms with Crippen LogP contribution in [0.2, 0.25) is 0 Å². The van der Waals surface area contributed by atoms with E-state index in [1.807, 2.05) is 0 Å². The Balaban J connectivity index is 1.34. The van der Waals surface area contributed by atoms with Crippen LogP contribution in [0.3, 0.4) is 0 Å². The Labute approximate surface area is 193 Å². The maximum Gasteiger partial charge on any atom is 0.0218 e. The predicted octanol–water partition coefficient (Wildman–Crippen LogP) is 8.57. The van der Waals surface area contributed by atoms with Crippen molar-refractivity contribution in [3.05, 3.63) is 32.2 Å². The lowest BCUT2D eigenvalue weighted by Gasteiger charge is -2.72. The third kappa shape index (κ3) is 2.48. The van der Waals surface area contributed by atoms with Crippen LogP contribution in [-0.4, -0.2) is 0 Å². The first kappa shape index (κ1) is 18.7. The highest BCUT2D eigenvalue weighted by Gasteiger charge is 2.67. The van der Waals surface area contributed by atoms with Gasteiger partial charge in [-0.1, -0.05) is 31.9 Å².